The van der Waals surface area contributed by atoms with E-state index in [1.165, 1.54) is 29.3 Å². The quantitative estimate of drug-likeness (QED) is 0.435. The zero-order chi connectivity index (χ0) is 21.8. The second kappa shape index (κ2) is 8.93. The second-order valence-electron chi connectivity index (χ2n) is 7.41. The van der Waals surface area contributed by atoms with Gasteiger partial charge in [0.2, 0.25) is 0 Å². The van der Waals surface area contributed by atoms with Crippen molar-refractivity contribution in [1.29, 1.82) is 0 Å². The Morgan fingerprint density at radius 2 is 1.10 bits per heavy atom. The number of para-hydroxylation sites is 1. The summed E-state index contributed by atoms with van der Waals surface area (Å²) >= 11 is 0. The van der Waals surface area contributed by atoms with Crippen LogP contribution in [-0.2, 0) is 0 Å². The van der Waals surface area contributed by atoms with E-state index in [0.717, 1.165) is 0 Å². The lowest BCUT2D eigenvalue weighted by Gasteiger charge is -2.40. The highest BCUT2D eigenvalue weighted by Gasteiger charge is 2.33. The predicted octanol–water partition coefficient (Wildman–Crippen LogP) is 4.41. The van der Waals surface area contributed by atoms with E-state index in [2.05, 4.69) is 29.2 Å². The molecule has 158 valence electrons. The normalized spacial score (nSPS) is 14.5. The zero-order valence-corrected chi connectivity index (χ0v) is 16.8. The smallest absolute Gasteiger partial charge is 0.299 e. The van der Waals surface area contributed by atoms with E-state index in [-0.39, 0.29) is 23.1 Å². The molecule has 1 heterocycles. The first-order valence-electron chi connectivity index (χ1n) is 10.1. The van der Waals surface area contributed by atoms with Gasteiger partial charge in [-0.3, -0.25) is 25.1 Å². The lowest BCUT2D eigenvalue weighted by molar-refractivity contribution is -0.392. The third kappa shape index (κ3) is 4.24. The number of nitrogens with zero attached hydrogens (tertiary/aromatic N) is 4. The van der Waals surface area contributed by atoms with E-state index in [1.54, 1.807) is 4.90 Å². The van der Waals surface area contributed by atoms with Gasteiger partial charge in [-0.25, -0.2) is 0 Å². The van der Waals surface area contributed by atoms with Crippen LogP contribution in [0.1, 0.15) is 17.2 Å². The number of nitro benzene ring substituents is 2. The zero-order valence-electron chi connectivity index (χ0n) is 16.8. The molecule has 0 amide bonds. The summed E-state index contributed by atoms with van der Waals surface area (Å²) in [4.78, 5) is 26.0. The fourth-order valence-electron chi connectivity index (χ4n) is 4.23. The van der Waals surface area contributed by atoms with Gasteiger partial charge in [0.25, 0.3) is 11.4 Å². The largest absolute Gasteiger partial charge is 0.358 e. The molecule has 0 unspecified atom stereocenters. The van der Waals surface area contributed by atoms with Crippen LogP contribution in [0.4, 0.5) is 17.1 Å². The van der Waals surface area contributed by atoms with Gasteiger partial charge in [0.1, 0.15) is 0 Å². The molecule has 0 atom stereocenters. The number of anilines is 1. The van der Waals surface area contributed by atoms with Crippen molar-refractivity contribution in [2.45, 2.75) is 6.04 Å². The van der Waals surface area contributed by atoms with E-state index >= 15 is 0 Å². The Bertz CT molecular complexity index is 996. The van der Waals surface area contributed by atoms with Crippen molar-refractivity contribution in [3.8, 4) is 0 Å². The fraction of sp³-hybridized carbons (Fsp3) is 0.217. The maximum Gasteiger partial charge on any atom is 0.299 e. The molecule has 0 radical (unpaired) electrons. The maximum atomic E-state index is 11.5. The number of hydrogen-bond acceptors (Lipinski definition) is 6. The molecule has 1 fully saturated rings. The second-order valence-corrected chi connectivity index (χ2v) is 7.41. The molecule has 31 heavy (non-hydrogen) atoms. The van der Waals surface area contributed by atoms with E-state index in [1.807, 2.05) is 36.4 Å². The standard InChI is InChI=1S/C23H22N4O4/c28-26(29)20-12-7-13-21(27(30)31)23(20)25-16-14-24(15-17-25)22(18-8-3-1-4-9-18)19-10-5-2-6-11-19/h1-13,22H,14-17H2. The highest BCUT2D eigenvalue weighted by Crippen LogP contribution is 2.38. The third-order valence-corrected chi connectivity index (χ3v) is 5.61. The Morgan fingerprint density at radius 1 is 0.645 bits per heavy atom. The lowest BCUT2D eigenvalue weighted by atomic mass is 9.96. The van der Waals surface area contributed by atoms with Crippen LogP contribution in [0.5, 0.6) is 0 Å². The predicted molar refractivity (Wildman–Crippen MR) is 118 cm³/mol. The van der Waals surface area contributed by atoms with Crippen LogP contribution in [0.2, 0.25) is 0 Å². The summed E-state index contributed by atoms with van der Waals surface area (Å²) in [6.07, 6.45) is 0. The molecule has 3 aromatic rings. The third-order valence-electron chi connectivity index (χ3n) is 5.61. The summed E-state index contributed by atoms with van der Waals surface area (Å²) in [5.41, 5.74) is 1.96. The Kier molecular flexibility index (Phi) is 5.90. The van der Waals surface area contributed by atoms with Gasteiger partial charge < -0.3 is 4.90 Å². The van der Waals surface area contributed by atoms with E-state index < -0.39 is 9.85 Å². The van der Waals surface area contributed by atoms with Crippen LogP contribution >= 0.6 is 0 Å². The summed E-state index contributed by atoms with van der Waals surface area (Å²) in [6, 6.07) is 24.4. The summed E-state index contributed by atoms with van der Waals surface area (Å²) < 4.78 is 0. The molecule has 0 aromatic heterocycles. The number of piperazine rings is 1. The highest BCUT2D eigenvalue weighted by molar-refractivity contribution is 5.75. The topological polar surface area (TPSA) is 92.8 Å². The summed E-state index contributed by atoms with van der Waals surface area (Å²) in [7, 11) is 0. The first-order valence-corrected chi connectivity index (χ1v) is 10.1. The van der Waals surface area contributed by atoms with Crippen LogP contribution in [0.3, 0.4) is 0 Å². The van der Waals surface area contributed by atoms with Crippen molar-refractivity contribution in [3.05, 3.63) is 110 Å². The number of benzene rings is 3. The average Bonchev–Trinajstić information content (AvgIpc) is 2.80. The van der Waals surface area contributed by atoms with Crippen LogP contribution in [0, 0.1) is 20.2 Å². The minimum Gasteiger partial charge on any atom is -0.358 e. The average molecular weight is 418 g/mol. The summed E-state index contributed by atoms with van der Waals surface area (Å²) in [5.74, 6) is 0. The molecule has 1 saturated heterocycles. The highest BCUT2D eigenvalue weighted by atomic mass is 16.6. The van der Waals surface area contributed by atoms with Gasteiger partial charge in [0.05, 0.1) is 15.9 Å². The van der Waals surface area contributed by atoms with Gasteiger partial charge in [0, 0.05) is 38.3 Å². The molecule has 0 bridgehead atoms. The van der Waals surface area contributed by atoms with Crippen LogP contribution < -0.4 is 4.90 Å². The number of rotatable bonds is 6. The Hall–Kier alpha value is -3.78. The molecule has 0 saturated carbocycles. The molecule has 4 rings (SSSR count). The Balaban J connectivity index is 1.62. The SMILES string of the molecule is O=[N+]([O-])c1cccc([N+](=O)[O-])c1N1CCN(C(c2ccccc2)c2ccccc2)CC1. The number of hydrogen-bond donors (Lipinski definition) is 0. The molecular formula is C23H22N4O4. The maximum absolute atomic E-state index is 11.5. The molecule has 8 nitrogen and oxygen atoms in total. The molecule has 8 heteroatoms. The van der Waals surface area contributed by atoms with Crippen molar-refractivity contribution in [2.75, 3.05) is 31.1 Å². The van der Waals surface area contributed by atoms with Crippen molar-refractivity contribution in [3.63, 3.8) is 0 Å². The fourth-order valence-corrected chi connectivity index (χ4v) is 4.23. The monoisotopic (exact) mass is 418 g/mol. The minimum atomic E-state index is -0.550. The number of nitro groups is 2. The van der Waals surface area contributed by atoms with Crippen molar-refractivity contribution in [1.82, 2.24) is 4.90 Å². The van der Waals surface area contributed by atoms with E-state index in [0.29, 0.717) is 26.2 Å². The Morgan fingerprint density at radius 3 is 1.52 bits per heavy atom. The van der Waals surface area contributed by atoms with Crippen LogP contribution in [0.25, 0.3) is 0 Å². The summed E-state index contributed by atoms with van der Waals surface area (Å²) in [6.45, 7) is 2.17. The van der Waals surface area contributed by atoms with E-state index in [4.69, 9.17) is 0 Å². The van der Waals surface area contributed by atoms with Gasteiger partial charge >= 0.3 is 0 Å². The van der Waals surface area contributed by atoms with E-state index in [9.17, 15) is 20.2 Å². The van der Waals surface area contributed by atoms with Gasteiger partial charge in [0.15, 0.2) is 5.69 Å². The first-order chi connectivity index (χ1) is 15.1. The molecule has 1 aliphatic rings. The molecule has 3 aromatic carbocycles. The van der Waals surface area contributed by atoms with Crippen molar-refractivity contribution < 1.29 is 9.85 Å². The molecule has 0 spiro atoms. The molecule has 1 aliphatic heterocycles. The lowest BCUT2D eigenvalue weighted by Crippen LogP contribution is -2.48. The summed E-state index contributed by atoms with van der Waals surface area (Å²) in [5, 5.41) is 23.1. The molecule has 0 aliphatic carbocycles. The minimum absolute atomic E-state index is 0.0466. The van der Waals surface area contributed by atoms with Crippen LogP contribution in [-0.4, -0.2) is 40.9 Å². The Labute approximate surface area is 179 Å². The molecule has 0 N–H and O–H groups in total. The van der Waals surface area contributed by atoms with Crippen molar-refractivity contribution >= 4 is 17.1 Å². The van der Waals surface area contributed by atoms with Crippen LogP contribution in [0.15, 0.2) is 78.9 Å². The first kappa shape index (κ1) is 20.5. The van der Waals surface area contributed by atoms with Gasteiger partial charge in [-0.2, -0.15) is 0 Å². The van der Waals surface area contributed by atoms with Crippen molar-refractivity contribution in [2.24, 2.45) is 0 Å². The molecular weight excluding hydrogens is 396 g/mol. The van der Waals surface area contributed by atoms with Gasteiger partial charge in [-0.15, -0.1) is 0 Å². The van der Waals surface area contributed by atoms with Gasteiger partial charge in [-0.05, 0) is 17.2 Å². The van der Waals surface area contributed by atoms with Gasteiger partial charge in [-0.1, -0.05) is 60.7 Å².